The fourth-order valence-corrected chi connectivity index (χ4v) is 7.01. The van der Waals surface area contributed by atoms with Gasteiger partial charge in [-0.3, -0.25) is 19.5 Å². The average Bonchev–Trinajstić information content (AvgIpc) is 3.69. The molecule has 3 fully saturated rings. The number of aromatic nitrogens is 2. The van der Waals surface area contributed by atoms with Gasteiger partial charge in [-0.25, -0.2) is 14.0 Å². The number of halogens is 1. The van der Waals surface area contributed by atoms with Crippen LogP contribution in [0.3, 0.4) is 0 Å². The fraction of sp³-hybridized carbons (Fsp3) is 0.469. The first kappa shape index (κ1) is 28.8. The molecule has 2 aromatic heterocycles. The highest BCUT2D eigenvalue weighted by molar-refractivity contribution is 6.09. The van der Waals surface area contributed by atoms with Crippen LogP contribution in [0.2, 0.25) is 0 Å². The summed E-state index contributed by atoms with van der Waals surface area (Å²) >= 11 is 0. The van der Waals surface area contributed by atoms with E-state index in [0.29, 0.717) is 42.4 Å². The Labute approximate surface area is 248 Å². The molecule has 2 aliphatic heterocycles. The van der Waals surface area contributed by atoms with Crippen molar-refractivity contribution >= 4 is 34.7 Å². The van der Waals surface area contributed by atoms with E-state index in [1.54, 1.807) is 39.0 Å². The van der Waals surface area contributed by atoms with Crippen molar-refractivity contribution in [1.82, 2.24) is 19.4 Å². The molecule has 6 rings (SSSR count). The third-order valence-electron chi connectivity index (χ3n) is 8.94. The van der Waals surface area contributed by atoms with Gasteiger partial charge in [0, 0.05) is 48.4 Å². The molecule has 3 atom stereocenters. The van der Waals surface area contributed by atoms with E-state index in [0.717, 1.165) is 25.3 Å². The number of fused-ring (bicyclic) bond motifs is 3. The van der Waals surface area contributed by atoms with Crippen LogP contribution in [0, 0.1) is 17.7 Å². The number of pyridine rings is 1. The minimum absolute atomic E-state index is 0.0162. The Morgan fingerprint density at radius 2 is 1.77 bits per heavy atom. The Kier molecular flexibility index (Phi) is 7.22. The monoisotopic (exact) mass is 590 g/mol. The van der Waals surface area contributed by atoms with E-state index >= 15 is 0 Å². The number of amides is 2. The molecule has 226 valence electrons. The number of aromatic carboxylic acids is 1. The third-order valence-corrected chi connectivity index (χ3v) is 8.94. The van der Waals surface area contributed by atoms with Crippen molar-refractivity contribution in [3.05, 3.63) is 59.8 Å². The van der Waals surface area contributed by atoms with Gasteiger partial charge in [0.2, 0.25) is 5.91 Å². The van der Waals surface area contributed by atoms with Crippen LogP contribution in [0.5, 0.6) is 0 Å². The zero-order valence-electron chi connectivity index (χ0n) is 24.5. The van der Waals surface area contributed by atoms with E-state index in [2.05, 4.69) is 4.98 Å². The molecule has 0 spiro atoms. The highest BCUT2D eigenvalue weighted by atomic mass is 19.1. The van der Waals surface area contributed by atoms with Crippen LogP contribution in [-0.4, -0.2) is 79.0 Å². The Balaban J connectivity index is 1.20. The predicted molar refractivity (Wildman–Crippen MR) is 155 cm³/mol. The van der Waals surface area contributed by atoms with E-state index in [9.17, 15) is 28.7 Å². The molecule has 1 saturated carbocycles. The van der Waals surface area contributed by atoms with Crippen molar-refractivity contribution < 1.29 is 33.4 Å². The second-order valence-corrected chi connectivity index (χ2v) is 12.8. The summed E-state index contributed by atoms with van der Waals surface area (Å²) in [5.41, 5.74) is 0.300. The summed E-state index contributed by atoms with van der Waals surface area (Å²) in [6.07, 6.45) is 7.79. The normalized spacial score (nSPS) is 22.3. The number of nitrogens with zero attached hydrogens (tertiary/aromatic N) is 4. The van der Waals surface area contributed by atoms with Crippen LogP contribution in [0.4, 0.5) is 9.18 Å². The molecule has 3 aromatic rings. The second-order valence-electron chi connectivity index (χ2n) is 12.8. The van der Waals surface area contributed by atoms with Crippen LogP contribution in [0.1, 0.15) is 73.6 Å². The van der Waals surface area contributed by atoms with E-state index < -0.39 is 29.5 Å². The quantitative estimate of drug-likeness (QED) is 0.412. The molecule has 1 aliphatic carbocycles. The molecule has 1 N–H and O–H groups in total. The molecule has 2 saturated heterocycles. The summed E-state index contributed by atoms with van der Waals surface area (Å²) in [5.74, 6) is -2.36. The molecular weight excluding hydrogens is 555 g/mol. The summed E-state index contributed by atoms with van der Waals surface area (Å²) in [6, 6.07) is 4.70. The number of ether oxygens (including phenoxy) is 1. The van der Waals surface area contributed by atoms with Crippen LogP contribution >= 0.6 is 0 Å². The molecule has 43 heavy (non-hydrogen) atoms. The number of carbonyl (C=O) groups excluding carboxylic acids is 3. The minimum atomic E-state index is -1.29. The summed E-state index contributed by atoms with van der Waals surface area (Å²) in [6.45, 7) is 6.24. The molecule has 2 amide bonds. The van der Waals surface area contributed by atoms with Crippen molar-refractivity contribution in [3.63, 3.8) is 0 Å². The smallest absolute Gasteiger partial charge is 0.411 e. The maximum atomic E-state index is 13.9. The highest BCUT2D eigenvalue weighted by Crippen LogP contribution is 2.44. The summed E-state index contributed by atoms with van der Waals surface area (Å²) in [4.78, 5) is 60.2. The van der Waals surface area contributed by atoms with Gasteiger partial charge in [0.1, 0.15) is 17.5 Å². The second kappa shape index (κ2) is 10.8. The fourth-order valence-electron chi connectivity index (χ4n) is 7.01. The number of likely N-dealkylation sites (tertiary alicyclic amines) is 2. The number of Topliss-reactive ketones (excluding diaryl/α,β-unsaturated/α-hetero) is 1. The van der Waals surface area contributed by atoms with E-state index in [1.807, 2.05) is 20.8 Å². The van der Waals surface area contributed by atoms with Gasteiger partial charge >= 0.3 is 12.1 Å². The first-order chi connectivity index (χ1) is 20.4. The van der Waals surface area contributed by atoms with Gasteiger partial charge < -0.3 is 19.3 Å². The van der Waals surface area contributed by atoms with Crippen LogP contribution in [0.25, 0.3) is 16.6 Å². The molecule has 0 radical (unpaired) electrons. The van der Waals surface area contributed by atoms with Crippen LogP contribution in [0.15, 0.2) is 42.9 Å². The molecule has 4 heterocycles. The zero-order chi connectivity index (χ0) is 30.6. The molecule has 1 aromatic carbocycles. The average molecular weight is 591 g/mol. The van der Waals surface area contributed by atoms with Crippen molar-refractivity contribution in [3.8, 4) is 5.69 Å². The number of carboxylic acid groups (broad SMARTS) is 1. The van der Waals surface area contributed by atoms with E-state index in [-0.39, 0.29) is 40.8 Å². The number of hydrogen-bond acceptors (Lipinski definition) is 6. The van der Waals surface area contributed by atoms with Gasteiger partial charge in [-0.05, 0) is 83.1 Å². The van der Waals surface area contributed by atoms with Crippen molar-refractivity contribution in [2.24, 2.45) is 11.8 Å². The van der Waals surface area contributed by atoms with Crippen LogP contribution < -0.4 is 0 Å². The SMILES string of the molecule is CC(C)(C)OC(=O)N1[C@@H]2CC[C@@H](C2)[C@H]1C(=O)N1CCC(C(=O)c2cn(-c3ccc(F)cc3C(=O)O)c3cnccc23)CC1. The molecule has 11 heteroatoms. The molecule has 0 unspecified atom stereocenters. The van der Waals surface area contributed by atoms with Crippen molar-refractivity contribution in [2.75, 3.05) is 13.1 Å². The van der Waals surface area contributed by atoms with Crippen LogP contribution in [-0.2, 0) is 9.53 Å². The molecule has 3 aliphatic rings. The Morgan fingerprint density at radius 3 is 2.47 bits per heavy atom. The molecule has 2 bridgehead atoms. The number of rotatable bonds is 5. The Hall–Kier alpha value is -4.28. The summed E-state index contributed by atoms with van der Waals surface area (Å²) in [5, 5.41) is 10.3. The number of ketones is 1. The number of piperidine rings is 2. The Morgan fingerprint density at radius 1 is 1.02 bits per heavy atom. The van der Waals surface area contributed by atoms with Crippen molar-refractivity contribution in [1.29, 1.82) is 0 Å². The lowest BCUT2D eigenvalue weighted by Crippen LogP contribution is -2.56. The topological polar surface area (TPSA) is 122 Å². The molecule has 10 nitrogen and oxygen atoms in total. The third kappa shape index (κ3) is 5.25. The standard InChI is InChI=1S/C32H35FN4O6/c1-32(2,3)43-31(42)37-21-6-4-19(14-21)27(37)29(39)35-12-9-18(10-13-35)28(38)24-17-36(26-16-34-11-8-22(24)26)25-7-5-20(33)15-23(25)30(40)41/h5,7-8,11,15-19,21,27H,4,6,9-10,12-14H2,1-3H3,(H,40,41)/t19-,21+,27-/m0/s1. The zero-order valence-corrected chi connectivity index (χ0v) is 24.5. The van der Waals surface area contributed by atoms with Gasteiger partial charge in [0.05, 0.1) is 23.0 Å². The van der Waals surface area contributed by atoms with Gasteiger partial charge in [0.25, 0.3) is 0 Å². The number of carbonyl (C=O) groups is 4. The van der Waals surface area contributed by atoms with Gasteiger partial charge in [0.15, 0.2) is 5.78 Å². The molecular formula is C32H35FN4O6. The lowest BCUT2D eigenvalue weighted by atomic mass is 9.88. The Bertz CT molecular complexity index is 1620. The maximum Gasteiger partial charge on any atom is 0.411 e. The maximum absolute atomic E-state index is 13.9. The highest BCUT2D eigenvalue weighted by Gasteiger charge is 2.53. The van der Waals surface area contributed by atoms with E-state index in [4.69, 9.17) is 4.74 Å². The lowest BCUT2D eigenvalue weighted by molar-refractivity contribution is -0.139. The first-order valence-corrected chi connectivity index (χ1v) is 14.8. The van der Waals surface area contributed by atoms with Gasteiger partial charge in [-0.2, -0.15) is 0 Å². The first-order valence-electron chi connectivity index (χ1n) is 14.8. The van der Waals surface area contributed by atoms with Gasteiger partial charge in [-0.15, -0.1) is 0 Å². The minimum Gasteiger partial charge on any atom is -0.478 e. The lowest BCUT2D eigenvalue weighted by Gasteiger charge is -2.39. The number of hydrogen-bond donors (Lipinski definition) is 1. The predicted octanol–water partition coefficient (Wildman–Crippen LogP) is 5.07. The van der Waals surface area contributed by atoms with Crippen molar-refractivity contribution in [2.45, 2.75) is 70.6 Å². The van der Waals surface area contributed by atoms with E-state index in [1.165, 1.54) is 12.1 Å². The number of carboxylic acids is 1. The number of benzene rings is 1. The summed E-state index contributed by atoms with van der Waals surface area (Å²) < 4.78 is 21.1. The summed E-state index contributed by atoms with van der Waals surface area (Å²) in [7, 11) is 0. The van der Waals surface area contributed by atoms with Gasteiger partial charge in [-0.1, -0.05) is 0 Å². The largest absolute Gasteiger partial charge is 0.478 e.